The van der Waals surface area contributed by atoms with E-state index in [1.807, 2.05) is 36.4 Å². The van der Waals surface area contributed by atoms with Gasteiger partial charge in [0.1, 0.15) is 6.04 Å². The Labute approximate surface area is 167 Å². The van der Waals surface area contributed by atoms with Gasteiger partial charge in [-0.2, -0.15) is 0 Å². The molecule has 0 radical (unpaired) electrons. The number of rotatable bonds is 8. The molecule has 2 rings (SSSR count). The highest BCUT2D eigenvalue weighted by Crippen LogP contribution is 2.20. The van der Waals surface area contributed by atoms with Crippen LogP contribution in [0.15, 0.2) is 42.5 Å². The molecule has 8 heteroatoms. The molecule has 0 unspecified atom stereocenters. The monoisotopic (exact) mass is 401 g/mol. The number of esters is 2. The largest absolute Gasteiger partial charge is 0.480 e. The molecule has 2 atom stereocenters. The lowest BCUT2D eigenvalue weighted by molar-refractivity contribution is -0.163. The van der Waals surface area contributed by atoms with Gasteiger partial charge in [-0.3, -0.25) is 14.4 Å². The number of amides is 1. The molecule has 0 aliphatic carbocycles. The second-order valence-electron chi connectivity index (χ2n) is 6.62. The highest BCUT2D eigenvalue weighted by atomic mass is 16.5. The molecule has 0 bridgehead atoms. The molecule has 1 amide bonds. The van der Waals surface area contributed by atoms with Crippen LogP contribution in [-0.4, -0.2) is 49.2 Å². The Bertz CT molecular complexity index is 908. The number of aliphatic carboxylic acids is 1. The number of carboxylic acids is 1. The molecular formula is C21H23NO7. The number of methoxy groups -OCH3 is 2. The molecule has 0 aliphatic rings. The zero-order valence-corrected chi connectivity index (χ0v) is 16.4. The average molecular weight is 401 g/mol. The quantitative estimate of drug-likeness (QED) is 0.509. The summed E-state index contributed by atoms with van der Waals surface area (Å²) in [5, 5.41) is 13.9. The van der Waals surface area contributed by atoms with Crippen molar-refractivity contribution in [3.63, 3.8) is 0 Å². The summed E-state index contributed by atoms with van der Waals surface area (Å²) < 4.78 is 9.16. The van der Waals surface area contributed by atoms with Crippen molar-refractivity contribution < 1.29 is 33.8 Å². The molecule has 0 saturated heterocycles. The lowest BCUT2D eigenvalue weighted by Gasteiger charge is -2.26. The van der Waals surface area contributed by atoms with Crippen molar-refractivity contribution in [2.75, 3.05) is 14.2 Å². The SMILES string of the molecule is COC(=O)C(C(=O)OC)[C@@H](C)[C@@H](NC(=O)Cc1ccc2ccccc2c1)C(=O)O. The molecule has 0 spiro atoms. The fourth-order valence-corrected chi connectivity index (χ4v) is 3.15. The van der Waals surface area contributed by atoms with Gasteiger partial charge in [0.25, 0.3) is 0 Å². The summed E-state index contributed by atoms with van der Waals surface area (Å²) in [7, 11) is 2.16. The second kappa shape index (κ2) is 9.68. The van der Waals surface area contributed by atoms with Crippen LogP contribution < -0.4 is 5.32 Å². The lowest BCUT2D eigenvalue weighted by atomic mass is 9.87. The highest BCUT2D eigenvalue weighted by Gasteiger charge is 2.41. The molecule has 0 fully saturated rings. The van der Waals surface area contributed by atoms with E-state index < -0.39 is 41.7 Å². The molecule has 2 aromatic carbocycles. The first kappa shape index (κ1) is 21.9. The van der Waals surface area contributed by atoms with Crippen molar-refractivity contribution in [2.45, 2.75) is 19.4 Å². The van der Waals surface area contributed by atoms with Crippen LogP contribution in [0.25, 0.3) is 10.8 Å². The van der Waals surface area contributed by atoms with Gasteiger partial charge in [0.05, 0.1) is 20.6 Å². The van der Waals surface area contributed by atoms with E-state index in [0.717, 1.165) is 25.0 Å². The van der Waals surface area contributed by atoms with Crippen LogP contribution in [-0.2, 0) is 35.1 Å². The number of benzene rings is 2. The van der Waals surface area contributed by atoms with Gasteiger partial charge in [0, 0.05) is 5.92 Å². The Kier molecular flexibility index (Phi) is 7.30. The molecule has 2 N–H and O–H groups in total. The zero-order chi connectivity index (χ0) is 21.6. The van der Waals surface area contributed by atoms with Crippen LogP contribution in [0.1, 0.15) is 12.5 Å². The van der Waals surface area contributed by atoms with E-state index in [4.69, 9.17) is 0 Å². The average Bonchev–Trinajstić information content (AvgIpc) is 2.71. The first-order valence-electron chi connectivity index (χ1n) is 8.94. The molecule has 0 aromatic heterocycles. The van der Waals surface area contributed by atoms with Gasteiger partial charge in [0.2, 0.25) is 5.91 Å². The fraction of sp³-hybridized carbons (Fsp3) is 0.333. The van der Waals surface area contributed by atoms with Crippen LogP contribution in [0.4, 0.5) is 0 Å². The van der Waals surface area contributed by atoms with Crippen LogP contribution in [0, 0.1) is 11.8 Å². The smallest absolute Gasteiger partial charge is 0.326 e. The summed E-state index contributed by atoms with van der Waals surface area (Å²) in [6.45, 7) is 1.37. The summed E-state index contributed by atoms with van der Waals surface area (Å²) in [6, 6.07) is 11.7. The van der Waals surface area contributed by atoms with Crippen LogP contribution >= 0.6 is 0 Å². The minimum Gasteiger partial charge on any atom is -0.480 e. The summed E-state index contributed by atoms with van der Waals surface area (Å²) in [4.78, 5) is 48.1. The van der Waals surface area contributed by atoms with E-state index in [2.05, 4.69) is 14.8 Å². The molecule has 0 saturated carbocycles. The topological polar surface area (TPSA) is 119 Å². The van der Waals surface area contributed by atoms with Gasteiger partial charge in [-0.1, -0.05) is 49.4 Å². The maximum atomic E-state index is 12.5. The van der Waals surface area contributed by atoms with Gasteiger partial charge in [-0.05, 0) is 16.3 Å². The number of ether oxygens (including phenoxy) is 2. The van der Waals surface area contributed by atoms with Crippen LogP contribution in [0.3, 0.4) is 0 Å². The predicted molar refractivity (Wildman–Crippen MR) is 104 cm³/mol. The van der Waals surface area contributed by atoms with Crippen molar-refractivity contribution in [1.82, 2.24) is 5.32 Å². The van der Waals surface area contributed by atoms with E-state index in [9.17, 15) is 24.3 Å². The number of carboxylic acid groups (broad SMARTS) is 1. The van der Waals surface area contributed by atoms with E-state index in [1.54, 1.807) is 6.07 Å². The van der Waals surface area contributed by atoms with Crippen LogP contribution in [0.2, 0.25) is 0 Å². The van der Waals surface area contributed by atoms with Crippen molar-refractivity contribution in [3.05, 3.63) is 48.0 Å². The molecule has 0 aliphatic heterocycles. The molecule has 29 heavy (non-hydrogen) atoms. The predicted octanol–water partition coefficient (Wildman–Crippen LogP) is 1.55. The Hall–Kier alpha value is -3.42. The van der Waals surface area contributed by atoms with E-state index in [-0.39, 0.29) is 6.42 Å². The number of carbonyl (C=O) groups excluding carboxylic acids is 3. The summed E-state index contributed by atoms with van der Waals surface area (Å²) in [6.07, 6.45) is -0.0531. The van der Waals surface area contributed by atoms with Crippen LogP contribution in [0.5, 0.6) is 0 Å². The molecular weight excluding hydrogens is 378 g/mol. The van der Waals surface area contributed by atoms with E-state index >= 15 is 0 Å². The minimum absolute atomic E-state index is 0.0531. The summed E-state index contributed by atoms with van der Waals surface area (Å²) in [5.41, 5.74) is 0.704. The first-order chi connectivity index (χ1) is 13.8. The van der Waals surface area contributed by atoms with Crippen molar-refractivity contribution in [1.29, 1.82) is 0 Å². The number of hydrogen-bond acceptors (Lipinski definition) is 6. The maximum absolute atomic E-state index is 12.5. The Morgan fingerprint density at radius 2 is 1.55 bits per heavy atom. The van der Waals surface area contributed by atoms with Gasteiger partial charge < -0.3 is 19.9 Å². The van der Waals surface area contributed by atoms with E-state index in [1.165, 1.54) is 6.92 Å². The third kappa shape index (κ3) is 5.31. The molecule has 8 nitrogen and oxygen atoms in total. The second-order valence-corrected chi connectivity index (χ2v) is 6.62. The lowest BCUT2D eigenvalue weighted by Crippen LogP contribution is -2.50. The Balaban J connectivity index is 2.17. The standard InChI is InChI=1S/C21H23NO7/c1-12(17(20(26)28-2)21(27)29-3)18(19(24)25)22-16(23)11-13-8-9-14-6-4-5-7-15(14)10-13/h4-10,12,17-18H,11H2,1-3H3,(H,22,23)(H,24,25)/t12-,18-/m1/s1. The third-order valence-corrected chi connectivity index (χ3v) is 4.72. The molecule has 2 aromatic rings. The molecule has 154 valence electrons. The van der Waals surface area contributed by atoms with Crippen molar-refractivity contribution >= 4 is 34.6 Å². The maximum Gasteiger partial charge on any atom is 0.326 e. The van der Waals surface area contributed by atoms with Gasteiger partial charge in [0.15, 0.2) is 5.92 Å². The Morgan fingerprint density at radius 3 is 2.10 bits per heavy atom. The number of hydrogen-bond donors (Lipinski definition) is 2. The van der Waals surface area contributed by atoms with Gasteiger partial charge >= 0.3 is 17.9 Å². The third-order valence-electron chi connectivity index (χ3n) is 4.72. The normalized spacial score (nSPS) is 12.8. The number of nitrogens with one attached hydrogen (secondary N) is 1. The van der Waals surface area contributed by atoms with E-state index in [0.29, 0.717) is 5.56 Å². The number of fused-ring (bicyclic) bond motifs is 1. The number of carbonyl (C=O) groups is 4. The summed E-state index contributed by atoms with van der Waals surface area (Å²) >= 11 is 0. The van der Waals surface area contributed by atoms with Gasteiger partial charge in [-0.25, -0.2) is 4.79 Å². The highest BCUT2D eigenvalue weighted by molar-refractivity contribution is 5.96. The first-order valence-corrected chi connectivity index (χ1v) is 8.94. The molecule has 0 heterocycles. The summed E-state index contributed by atoms with van der Waals surface area (Å²) in [5.74, 6) is -6.35. The zero-order valence-electron chi connectivity index (χ0n) is 16.4. The van der Waals surface area contributed by atoms with Crippen molar-refractivity contribution in [3.8, 4) is 0 Å². The minimum atomic E-state index is -1.48. The van der Waals surface area contributed by atoms with Crippen molar-refractivity contribution in [2.24, 2.45) is 11.8 Å². The Morgan fingerprint density at radius 1 is 0.966 bits per heavy atom. The van der Waals surface area contributed by atoms with Gasteiger partial charge in [-0.15, -0.1) is 0 Å². The fourth-order valence-electron chi connectivity index (χ4n) is 3.15.